The first-order valence-corrected chi connectivity index (χ1v) is 3.65. The van der Waals surface area contributed by atoms with Crippen LogP contribution in [0.2, 0.25) is 0 Å². The summed E-state index contributed by atoms with van der Waals surface area (Å²) in [5, 5.41) is 10.1. The molecular weight excluding hydrogens is 154 g/mol. The van der Waals surface area contributed by atoms with Crippen LogP contribution in [-0.4, -0.2) is 17.2 Å². The number of rotatable bonds is 1. The molecule has 3 nitrogen and oxygen atoms in total. The van der Waals surface area contributed by atoms with E-state index in [1.165, 1.54) is 0 Å². The maximum atomic E-state index is 9.30. The van der Waals surface area contributed by atoms with Crippen molar-refractivity contribution in [1.82, 2.24) is 4.98 Å². The van der Waals surface area contributed by atoms with Crippen LogP contribution < -0.4 is 4.74 Å². The fraction of sp³-hybridized carbons (Fsp3) is 0.111. The number of hydrogen-bond acceptors (Lipinski definition) is 2. The molecular formula is C9H9NO2. The first kappa shape index (κ1) is 7.03. The Bertz CT molecular complexity index is 406. The molecule has 1 aromatic heterocycles. The second-order valence-corrected chi connectivity index (χ2v) is 2.59. The normalized spacial score (nSPS) is 10.4. The number of H-pyrrole nitrogens is 1. The molecule has 12 heavy (non-hydrogen) atoms. The number of benzene rings is 1. The molecule has 0 aliphatic rings. The minimum Gasteiger partial charge on any atom is -0.506 e. The third-order valence-electron chi connectivity index (χ3n) is 1.87. The maximum absolute atomic E-state index is 9.30. The highest BCUT2D eigenvalue weighted by Gasteiger charge is 2.01. The van der Waals surface area contributed by atoms with Gasteiger partial charge in [0.2, 0.25) is 0 Å². The number of ether oxygens (including phenoxy) is 1. The molecule has 3 heteroatoms. The van der Waals surface area contributed by atoms with Crippen LogP contribution in [0.4, 0.5) is 0 Å². The van der Waals surface area contributed by atoms with Gasteiger partial charge in [0.25, 0.3) is 0 Å². The van der Waals surface area contributed by atoms with E-state index >= 15 is 0 Å². The Balaban J connectivity index is 2.69. The Labute approximate surface area is 69.6 Å². The van der Waals surface area contributed by atoms with Gasteiger partial charge in [-0.2, -0.15) is 0 Å². The van der Waals surface area contributed by atoms with E-state index in [4.69, 9.17) is 4.74 Å². The van der Waals surface area contributed by atoms with Gasteiger partial charge in [-0.25, -0.2) is 0 Å². The van der Waals surface area contributed by atoms with Crippen molar-refractivity contribution in [2.75, 3.05) is 7.11 Å². The zero-order valence-electron chi connectivity index (χ0n) is 6.66. The summed E-state index contributed by atoms with van der Waals surface area (Å²) in [6, 6.07) is 5.48. The lowest BCUT2D eigenvalue weighted by atomic mass is 10.2. The summed E-state index contributed by atoms with van der Waals surface area (Å²) >= 11 is 0. The van der Waals surface area contributed by atoms with Crippen LogP contribution in [0, 0.1) is 0 Å². The molecule has 2 aromatic rings. The van der Waals surface area contributed by atoms with Crippen molar-refractivity contribution >= 4 is 10.9 Å². The van der Waals surface area contributed by atoms with E-state index in [1.54, 1.807) is 13.3 Å². The third-order valence-corrected chi connectivity index (χ3v) is 1.87. The number of aromatic amines is 1. The topological polar surface area (TPSA) is 45.2 Å². The first-order chi connectivity index (χ1) is 5.81. The molecule has 0 fully saturated rings. The number of methoxy groups -OCH3 is 1. The molecule has 0 bridgehead atoms. The molecule has 0 aliphatic carbocycles. The summed E-state index contributed by atoms with van der Waals surface area (Å²) in [6.45, 7) is 0. The van der Waals surface area contributed by atoms with E-state index in [1.807, 2.05) is 18.2 Å². The van der Waals surface area contributed by atoms with E-state index in [0.29, 0.717) is 0 Å². The Morgan fingerprint density at radius 1 is 1.42 bits per heavy atom. The van der Waals surface area contributed by atoms with Crippen LogP contribution in [-0.2, 0) is 0 Å². The smallest absolute Gasteiger partial charge is 0.140 e. The molecule has 0 spiro atoms. The largest absolute Gasteiger partial charge is 0.506 e. The zero-order chi connectivity index (χ0) is 8.55. The molecule has 0 saturated heterocycles. The van der Waals surface area contributed by atoms with Crippen molar-refractivity contribution in [3.8, 4) is 11.5 Å². The average Bonchev–Trinajstić information content (AvgIpc) is 2.47. The van der Waals surface area contributed by atoms with Gasteiger partial charge in [0.1, 0.15) is 11.5 Å². The van der Waals surface area contributed by atoms with Gasteiger partial charge < -0.3 is 14.8 Å². The van der Waals surface area contributed by atoms with E-state index in [2.05, 4.69) is 4.98 Å². The summed E-state index contributed by atoms with van der Waals surface area (Å²) < 4.78 is 5.03. The third kappa shape index (κ3) is 0.906. The van der Waals surface area contributed by atoms with Gasteiger partial charge in [-0.3, -0.25) is 0 Å². The quantitative estimate of drug-likeness (QED) is 0.674. The summed E-state index contributed by atoms with van der Waals surface area (Å²) in [5.74, 6) is 1.05. The molecule has 0 amide bonds. The second-order valence-electron chi connectivity index (χ2n) is 2.59. The lowest BCUT2D eigenvalue weighted by molar-refractivity contribution is 0.415. The van der Waals surface area contributed by atoms with Crippen LogP contribution in [0.1, 0.15) is 0 Å². The van der Waals surface area contributed by atoms with E-state index in [0.717, 1.165) is 16.7 Å². The standard InChI is InChI=1S/C9H9NO2/c1-12-6-2-3-7-8(4-6)10-5-9(7)11/h2-5,10-11H,1H3. The Kier molecular flexibility index (Phi) is 1.43. The number of hydrogen-bond donors (Lipinski definition) is 2. The molecule has 2 N–H and O–H groups in total. The minimum atomic E-state index is 0.271. The molecule has 0 aliphatic heterocycles. The van der Waals surface area contributed by atoms with E-state index in [-0.39, 0.29) is 5.75 Å². The average molecular weight is 163 g/mol. The molecule has 0 atom stereocenters. The number of nitrogens with one attached hydrogen (secondary N) is 1. The van der Waals surface area contributed by atoms with Crippen molar-refractivity contribution < 1.29 is 9.84 Å². The van der Waals surface area contributed by atoms with Gasteiger partial charge in [-0.1, -0.05) is 0 Å². The van der Waals surface area contributed by atoms with Crippen molar-refractivity contribution in [1.29, 1.82) is 0 Å². The molecule has 62 valence electrons. The summed E-state index contributed by atoms with van der Waals surface area (Å²) in [5.41, 5.74) is 0.881. The number of aromatic nitrogens is 1. The Morgan fingerprint density at radius 2 is 2.25 bits per heavy atom. The van der Waals surface area contributed by atoms with Crippen LogP contribution in [0.3, 0.4) is 0 Å². The molecule has 1 heterocycles. The predicted octanol–water partition coefficient (Wildman–Crippen LogP) is 1.88. The Morgan fingerprint density at radius 3 is 3.00 bits per heavy atom. The highest BCUT2D eigenvalue weighted by molar-refractivity contribution is 5.86. The summed E-state index contributed by atoms with van der Waals surface area (Å²) in [4.78, 5) is 2.93. The SMILES string of the molecule is COc1ccc2c(O)c[nH]c2c1. The predicted molar refractivity (Wildman–Crippen MR) is 46.5 cm³/mol. The van der Waals surface area contributed by atoms with Crippen LogP contribution in [0.5, 0.6) is 11.5 Å². The van der Waals surface area contributed by atoms with Crippen LogP contribution in [0.15, 0.2) is 24.4 Å². The summed E-state index contributed by atoms with van der Waals surface area (Å²) in [6.07, 6.45) is 1.56. The van der Waals surface area contributed by atoms with E-state index in [9.17, 15) is 5.11 Å². The lowest BCUT2D eigenvalue weighted by Gasteiger charge is -1.97. The maximum Gasteiger partial charge on any atom is 0.140 e. The van der Waals surface area contributed by atoms with Gasteiger partial charge in [-0.15, -0.1) is 0 Å². The van der Waals surface area contributed by atoms with Gasteiger partial charge in [0.15, 0.2) is 0 Å². The van der Waals surface area contributed by atoms with Gasteiger partial charge in [0, 0.05) is 17.6 Å². The Hall–Kier alpha value is -1.64. The van der Waals surface area contributed by atoms with Gasteiger partial charge in [0.05, 0.1) is 12.6 Å². The van der Waals surface area contributed by atoms with Crippen molar-refractivity contribution in [3.05, 3.63) is 24.4 Å². The zero-order valence-corrected chi connectivity index (χ0v) is 6.66. The van der Waals surface area contributed by atoms with Crippen LogP contribution in [0.25, 0.3) is 10.9 Å². The first-order valence-electron chi connectivity index (χ1n) is 3.65. The van der Waals surface area contributed by atoms with E-state index < -0.39 is 0 Å². The summed E-state index contributed by atoms with van der Waals surface area (Å²) in [7, 11) is 1.62. The second kappa shape index (κ2) is 2.44. The highest BCUT2D eigenvalue weighted by Crippen LogP contribution is 2.26. The monoisotopic (exact) mass is 163 g/mol. The fourth-order valence-corrected chi connectivity index (χ4v) is 1.22. The highest BCUT2D eigenvalue weighted by atomic mass is 16.5. The number of fused-ring (bicyclic) bond motifs is 1. The molecule has 0 unspecified atom stereocenters. The van der Waals surface area contributed by atoms with Crippen molar-refractivity contribution in [2.45, 2.75) is 0 Å². The fourth-order valence-electron chi connectivity index (χ4n) is 1.22. The van der Waals surface area contributed by atoms with Crippen LogP contribution >= 0.6 is 0 Å². The van der Waals surface area contributed by atoms with Crippen molar-refractivity contribution in [3.63, 3.8) is 0 Å². The molecule has 1 aromatic carbocycles. The number of aromatic hydroxyl groups is 1. The molecule has 2 rings (SSSR count). The minimum absolute atomic E-state index is 0.271. The van der Waals surface area contributed by atoms with Crippen molar-refractivity contribution in [2.24, 2.45) is 0 Å². The van der Waals surface area contributed by atoms with Gasteiger partial charge >= 0.3 is 0 Å². The van der Waals surface area contributed by atoms with Gasteiger partial charge in [-0.05, 0) is 12.1 Å². The lowest BCUT2D eigenvalue weighted by Crippen LogP contribution is -1.80. The molecule has 0 radical (unpaired) electrons. The molecule has 0 saturated carbocycles.